The highest BCUT2D eigenvalue weighted by Crippen LogP contribution is 2.41. The highest BCUT2D eigenvalue weighted by molar-refractivity contribution is 7.25. The molecule has 1 aromatic heterocycles. The van der Waals surface area contributed by atoms with Crippen LogP contribution in [0.2, 0.25) is 0 Å². The van der Waals surface area contributed by atoms with Crippen molar-refractivity contribution < 1.29 is 0 Å². The normalized spacial score (nSPS) is 11.1. The first kappa shape index (κ1) is 23.3. The lowest BCUT2D eigenvalue weighted by molar-refractivity contribution is 1.29. The molecule has 1 N–H and O–H groups in total. The molecular weight excluding hydrogens is 492 g/mol. The van der Waals surface area contributed by atoms with Crippen LogP contribution in [0.5, 0.6) is 0 Å². The smallest absolute Gasteiger partial charge is 0.0468 e. The van der Waals surface area contributed by atoms with Crippen LogP contribution >= 0.6 is 11.3 Å². The number of nitrogens with one attached hydrogen (secondary N) is 1. The first-order chi connectivity index (χ1) is 19.3. The predicted octanol–water partition coefficient (Wildman–Crippen LogP) is 10.9. The van der Waals surface area contributed by atoms with Crippen LogP contribution in [0, 0.1) is 0 Å². The molecule has 0 radical (unpaired) electrons. The Kier molecular flexibility index (Phi) is 6.04. The molecule has 39 heavy (non-hydrogen) atoms. The van der Waals surface area contributed by atoms with Crippen LogP contribution in [0.1, 0.15) is 0 Å². The van der Waals surface area contributed by atoms with E-state index in [9.17, 15) is 0 Å². The Balaban J connectivity index is 1.25. The molecule has 0 unspecified atom stereocenters. The molecule has 0 atom stereocenters. The van der Waals surface area contributed by atoms with Gasteiger partial charge in [-0.05, 0) is 83.9 Å². The molecule has 0 amide bonds. The number of rotatable bonds is 6. The Morgan fingerprint density at radius 2 is 0.923 bits per heavy atom. The van der Waals surface area contributed by atoms with Gasteiger partial charge < -0.3 is 10.2 Å². The molecule has 6 aromatic carbocycles. The van der Waals surface area contributed by atoms with E-state index >= 15 is 0 Å². The topological polar surface area (TPSA) is 15.3 Å². The molecule has 7 aromatic rings. The summed E-state index contributed by atoms with van der Waals surface area (Å²) in [5.41, 5.74) is 8.04. The molecule has 0 aliphatic carbocycles. The molecule has 7 rings (SSSR count). The summed E-state index contributed by atoms with van der Waals surface area (Å²) in [5, 5.41) is 6.15. The van der Waals surface area contributed by atoms with E-state index in [0.29, 0.717) is 0 Å². The van der Waals surface area contributed by atoms with E-state index < -0.39 is 0 Å². The Morgan fingerprint density at radius 1 is 0.410 bits per heavy atom. The van der Waals surface area contributed by atoms with Gasteiger partial charge in [-0.1, -0.05) is 78.9 Å². The van der Waals surface area contributed by atoms with Crippen molar-refractivity contribution in [1.82, 2.24) is 0 Å². The van der Waals surface area contributed by atoms with Crippen molar-refractivity contribution in [2.45, 2.75) is 0 Å². The molecule has 0 fully saturated rings. The zero-order chi connectivity index (χ0) is 26.0. The third kappa shape index (κ3) is 4.65. The molecule has 0 aliphatic heterocycles. The van der Waals surface area contributed by atoms with Gasteiger partial charge in [0, 0.05) is 48.6 Å². The van der Waals surface area contributed by atoms with E-state index in [1.54, 1.807) is 0 Å². The van der Waals surface area contributed by atoms with Crippen molar-refractivity contribution >= 4 is 59.9 Å². The van der Waals surface area contributed by atoms with Crippen molar-refractivity contribution in [3.63, 3.8) is 0 Å². The SMILES string of the molecule is c1ccc(-c2ccc(Nc3ccc4sc5ccc(N(c6ccccc6)c6ccccc6)cc5c4c3)cc2)cc1. The molecule has 1 heterocycles. The molecule has 186 valence electrons. The van der Waals surface area contributed by atoms with Gasteiger partial charge in [-0.25, -0.2) is 0 Å². The second kappa shape index (κ2) is 10.1. The number of thiophene rings is 1. The number of benzene rings is 6. The maximum Gasteiger partial charge on any atom is 0.0468 e. The summed E-state index contributed by atoms with van der Waals surface area (Å²) < 4.78 is 2.58. The van der Waals surface area contributed by atoms with Crippen molar-refractivity contribution in [3.05, 3.63) is 152 Å². The van der Waals surface area contributed by atoms with Gasteiger partial charge in [-0.3, -0.25) is 0 Å². The van der Waals surface area contributed by atoms with Crippen LogP contribution in [-0.4, -0.2) is 0 Å². The van der Waals surface area contributed by atoms with Crippen LogP contribution in [0.15, 0.2) is 152 Å². The van der Waals surface area contributed by atoms with Gasteiger partial charge in [0.15, 0.2) is 0 Å². The molecule has 0 aliphatic rings. The minimum absolute atomic E-state index is 1.08. The fraction of sp³-hybridized carbons (Fsp3) is 0. The lowest BCUT2D eigenvalue weighted by Gasteiger charge is -2.25. The Hall–Kier alpha value is -4.86. The van der Waals surface area contributed by atoms with Crippen LogP contribution in [-0.2, 0) is 0 Å². The first-order valence-corrected chi connectivity index (χ1v) is 13.9. The van der Waals surface area contributed by atoms with Crippen molar-refractivity contribution in [3.8, 4) is 11.1 Å². The fourth-order valence-electron chi connectivity index (χ4n) is 5.13. The minimum Gasteiger partial charge on any atom is -0.356 e. The maximum absolute atomic E-state index is 3.61. The van der Waals surface area contributed by atoms with E-state index in [1.165, 1.54) is 31.3 Å². The number of nitrogens with zero attached hydrogens (tertiary/aromatic N) is 1. The monoisotopic (exact) mass is 518 g/mol. The summed E-state index contributed by atoms with van der Waals surface area (Å²) in [4.78, 5) is 2.32. The van der Waals surface area contributed by atoms with Crippen LogP contribution in [0.4, 0.5) is 28.4 Å². The summed E-state index contributed by atoms with van der Waals surface area (Å²) in [7, 11) is 0. The van der Waals surface area contributed by atoms with Crippen molar-refractivity contribution in [2.24, 2.45) is 0 Å². The van der Waals surface area contributed by atoms with Crippen LogP contribution < -0.4 is 10.2 Å². The Bertz CT molecular complexity index is 1820. The van der Waals surface area contributed by atoms with Gasteiger partial charge in [0.25, 0.3) is 0 Å². The summed E-state index contributed by atoms with van der Waals surface area (Å²) in [5.74, 6) is 0. The second-order valence-corrected chi connectivity index (χ2v) is 10.7. The van der Waals surface area contributed by atoms with Gasteiger partial charge in [0.1, 0.15) is 0 Å². The maximum atomic E-state index is 3.61. The average Bonchev–Trinajstić information content (AvgIpc) is 3.37. The fourth-order valence-corrected chi connectivity index (χ4v) is 6.19. The number of fused-ring (bicyclic) bond motifs is 3. The summed E-state index contributed by atoms with van der Waals surface area (Å²) in [6.45, 7) is 0. The molecule has 3 heteroatoms. The van der Waals surface area contributed by atoms with Gasteiger partial charge >= 0.3 is 0 Å². The third-order valence-corrected chi connectivity index (χ3v) is 8.17. The second-order valence-electron chi connectivity index (χ2n) is 9.57. The molecule has 0 saturated carbocycles. The summed E-state index contributed by atoms with van der Waals surface area (Å²) >= 11 is 1.84. The lowest BCUT2D eigenvalue weighted by atomic mass is 10.1. The standard InChI is InChI=1S/C36H26N2S/c1-4-10-26(11-5-1)27-16-18-28(19-17-27)37-29-20-22-35-33(24-29)34-25-32(21-23-36(34)39-35)38(30-12-6-2-7-13-30)31-14-8-3-9-15-31/h1-25,37H. The van der Waals surface area contributed by atoms with E-state index in [0.717, 1.165) is 28.4 Å². The van der Waals surface area contributed by atoms with E-state index in [1.807, 2.05) is 17.4 Å². The molecule has 2 nitrogen and oxygen atoms in total. The minimum atomic E-state index is 1.08. The number of hydrogen-bond donors (Lipinski definition) is 1. The average molecular weight is 519 g/mol. The van der Waals surface area contributed by atoms with Gasteiger partial charge in [-0.15, -0.1) is 11.3 Å². The Morgan fingerprint density at radius 3 is 1.56 bits per heavy atom. The zero-order valence-corrected chi connectivity index (χ0v) is 22.1. The third-order valence-electron chi connectivity index (χ3n) is 7.02. The first-order valence-electron chi connectivity index (χ1n) is 13.1. The molecule has 0 spiro atoms. The summed E-state index contributed by atoms with van der Waals surface area (Å²) in [6.07, 6.45) is 0. The van der Waals surface area contributed by atoms with Crippen LogP contribution in [0.25, 0.3) is 31.3 Å². The largest absolute Gasteiger partial charge is 0.356 e. The van der Waals surface area contributed by atoms with Gasteiger partial charge in [0.05, 0.1) is 0 Å². The van der Waals surface area contributed by atoms with Crippen LogP contribution in [0.3, 0.4) is 0 Å². The van der Waals surface area contributed by atoms with E-state index in [2.05, 4.69) is 156 Å². The van der Waals surface area contributed by atoms with Gasteiger partial charge in [-0.2, -0.15) is 0 Å². The summed E-state index contributed by atoms with van der Waals surface area (Å²) in [6, 6.07) is 53.7. The highest BCUT2D eigenvalue weighted by atomic mass is 32.1. The highest BCUT2D eigenvalue weighted by Gasteiger charge is 2.14. The lowest BCUT2D eigenvalue weighted by Crippen LogP contribution is -2.09. The predicted molar refractivity (Wildman–Crippen MR) is 169 cm³/mol. The molecular formula is C36H26N2S. The molecule has 0 bridgehead atoms. The zero-order valence-electron chi connectivity index (χ0n) is 21.3. The van der Waals surface area contributed by atoms with Gasteiger partial charge in [0.2, 0.25) is 0 Å². The van der Waals surface area contributed by atoms with E-state index in [4.69, 9.17) is 0 Å². The number of anilines is 5. The quantitative estimate of drug-likeness (QED) is 0.235. The van der Waals surface area contributed by atoms with Crippen molar-refractivity contribution in [2.75, 3.05) is 10.2 Å². The van der Waals surface area contributed by atoms with E-state index in [-0.39, 0.29) is 0 Å². The number of para-hydroxylation sites is 2. The number of hydrogen-bond acceptors (Lipinski definition) is 3. The van der Waals surface area contributed by atoms with Crippen molar-refractivity contribution in [1.29, 1.82) is 0 Å². The Labute approximate surface area is 232 Å². The molecule has 0 saturated heterocycles.